The first kappa shape index (κ1) is 20.7. The van der Waals surface area contributed by atoms with Crippen molar-refractivity contribution in [2.75, 3.05) is 24.5 Å². The molecule has 0 aliphatic carbocycles. The highest BCUT2D eigenvalue weighted by Crippen LogP contribution is 2.36. The third-order valence-electron chi connectivity index (χ3n) is 6.19. The van der Waals surface area contributed by atoms with Crippen molar-refractivity contribution in [3.8, 4) is 0 Å². The molecule has 10 heteroatoms. The Kier molecular flexibility index (Phi) is 5.46. The fourth-order valence-corrected chi connectivity index (χ4v) is 4.54. The normalized spacial score (nSPS) is 23.6. The van der Waals surface area contributed by atoms with Crippen molar-refractivity contribution in [3.63, 3.8) is 0 Å². The van der Waals surface area contributed by atoms with Gasteiger partial charge in [0, 0.05) is 24.8 Å². The van der Waals surface area contributed by atoms with E-state index in [0.717, 1.165) is 18.6 Å². The van der Waals surface area contributed by atoms with Crippen LogP contribution < -0.4 is 15.5 Å². The number of halogens is 3. The van der Waals surface area contributed by atoms with Crippen LogP contribution in [-0.4, -0.2) is 52.4 Å². The van der Waals surface area contributed by atoms with Gasteiger partial charge >= 0.3 is 0 Å². The maximum absolute atomic E-state index is 14.4. The van der Waals surface area contributed by atoms with Gasteiger partial charge in [0.25, 0.3) is 5.91 Å². The molecule has 168 valence electrons. The van der Waals surface area contributed by atoms with Gasteiger partial charge < -0.3 is 15.5 Å². The summed E-state index contributed by atoms with van der Waals surface area (Å²) in [5.41, 5.74) is 0.857. The quantitative estimate of drug-likeness (QED) is 0.648. The Labute approximate surface area is 182 Å². The van der Waals surface area contributed by atoms with Gasteiger partial charge in [0.1, 0.15) is 29.2 Å². The lowest BCUT2D eigenvalue weighted by molar-refractivity contribution is 0.0893. The second-order valence-electron chi connectivity index (χ2n) is 8.22. The van der Waals surface area contributed by atoms with Gasteiger partial charge in [-0.3, -0.25) is 4.79 Å². The van der Waals surface area contributed by atoms with Gasteiger partial charge in [-0.2, -0.15) is 5.10 Å². The molecule has 3 aromatic rings. The number of amides is 1. The third kappa shape index (κ3) is 3.79. The van der Waals surface area contributed by atoms with Crippen molar-refractivity contribution in [3.05, 3.63) is 59.4 Å². The van der Waals surface area contributed by atoms with E-state index in [2.05, 4.69) is 20.7 Å². The molecule has 1 aromatic carbocycles. The van der Waals surface area contributed by atoms with E-state index >= 15 is 0 Å². The topological polar surface area (TPSA) is 74.6 Å². The van der Waals surface area contributed by atoms with E-state index in [1.54, 1.807) is 12.3 Å². The molecule has 7 nitrogen and oxygen atoms in total. The van der Waals surface area contributed by atoms with Crippen LogP contribution in [0.2, 0.25) is 0 Å². The van der Waals surface area contributed by atoms with Gasteiger partial charge in [-0.1, -0.05) is 0 Å². The predicted molar refractivity (Wildman–Crippen MR) is 112 cm³/mol. The van der Waals surface area contributed by atoms with Gasteiger partial charge in [-0.15, -0.1) is 0 Å². The molecule has 2 fully saturated rings. The van der Waals surface area contributed by atoms with E-state index in [0.29, 0.717) is 37.4 Å². The van der Waals surface area contributed by atoms with Gasteiger partial charge in [0.15, 0.2) is 5.65 Å². The van der Waals surface area contributed by atoms with Crippen molar-refractivity contribution in [1.29, 1.82) is 0 Å². The van der Waals surface area contributed by atoms with Crippen molar-refractivity contribution in [2.24, 2.45) is 0 Å². The molecular formula is C22H23F3N6O. The molecule has 0 bridgehead atoms. The fraction of sp³-hybridized carbons (Fsp3) is 0.409. The maximum Gasteiger partial charge on any atom is 0.257 e. The number of anilines is 1. The van der Waals surface area contributed by atoms with Gasteiger partial charge in [0.2, 0.25) is 0 Å². The Balaban J connectivity index is 1.44. The molecule has 2 aliphatic rings. The third-order valence-corrected chi connectivity index (χ3v) is 6.19. The number of hydrogen-bond donors (Lipinski definition) is 2. The molecule has 3 atom stereocenters. The first-order chi connectivity index (χ1) is 15.5. The molecule has 5 rings (SSSR count). The predicted octanol–water partition coefficient (Wildman–Crippen LogP) is 2.78. The molecule has 0 spiro atoms. The number of piperidine rings is 1. The number of carbonyl (C=O) groups is 1. The zero-order chi connectivity index (χ0) is 22.2. The van der Waals surface area contributed by atoms with Crippen molar-refractivity contribution in [1.82, 2.24) is 25.2 Å². The zero-order valence-electron chi connectivity index (χ0n) is 17.3. The SMILES string of the molecule is O=C(N[C@@H]1CCNC[C@@H]1F)c1cnn2ccc(N3CCCC3c3cc(F)ccc3F)nc12. The lowest BCUT2D eigenvalue weighted by Gasteiger charge is -2.27. The summed E-state index contributed by atoms with van der Waals surface area (Å²) in [5.74, 6) is -0.844. The Morgan fingerprint density at radius 2 is 2.09 bits per heavy atom. The lowest BCUT2D eigenvalue weighted by atomic mass is 10.0. The standard InChI is InChI=1S/C22H23F3N6O/c23-13-3-4-16(24)14(10-13)19-2-1-8-30(19)20-6-9-31-21(29-20)15(11-27-31)22(32)28-18-5-7-26-12-17(18)25/h3-4,6,9-11,17-19,26H,1-2,5,7-8,12H2,(H,28,32)/t17-,18+,19?/m0/s1. The zero-order valence-corrected chi connectivity index (χ0v) is 17.3. The Hall–Kier alpha value is -3.14. The van der Waals surface area contributed by atoms with E-state index in [1.165, 1.54) is 16.8 Å². The van der Waals surface area contributed by atoms with Crippen LogP contribution in [0.15, 0.2) is 36.7 Å². The molecule has 0 saturated carbocycles. The number of carbonyl (C=O) groups excluding carboxylic acids is 1. The van der Waals surface area contributed by atoms with Crippen LogP contribution in [0.25, 0.3) is 5.65 Å². The number of aromatic nitrogens is 3. The summed E-state index contributed by atoms with van der Waals surface area (Å²) in [4.78, 5) is 19.4. The summed E-state index contributed by atoms with van der Waals surface area (Å²) in [7, 11) is 0. The molecule has 2 aromatic heterocycles. The highest BCUT2D eigenvalue weighted by molar-refractivity contribution is 6.00. The summed E-state index contributed by atoms with van der Waals surface area (Å²) in [6, 6.07) is 4.27. The van der Waals surface area contributed by atoms with E-state index in [4.69, 9.17) is 0 Å². The van der Waals surface area contributed by atoms with E-state index in [1.807, 2.05) is 4.90 Å². The Bertz CT molecular complexity index is 1150. The number of benzene rings is 1. The minimum absolute atomic E-state index is 0.203. The van der Waals surface area contributed by atoms with Crippen LogP contribution >= 0.6 is 0 Å². The Morgan fingerprint density at radius 3 is 2.94 bits per heavy atom. The smallest absolute Gasteiger partial charge is 0.257 e. The number of rotatable bonds is 4. The average molecular weight is 444 g/mol. The highest BCUT2D eigenvalue weighted by atomic mass is 19.1. The number of alkyl halides is 1. The van der Waals surface area contributed by atoms with Crippen LogP contribution in [0.1, 0.15) is 41.2 Å². The molecular weight excluding hydrogens is 421 g/mol. The van der Waals surface area contributed by atoms with Gasteiger partial charge in [-0.25, -0.2) is 22.7 Å². The summed E-state index contributed by atoms with van der Waals surface area (Å²) in [6.45, 7) is 1.46. The molecule has 0 radical (unpaired) electrons. The van der Waals surface area contributed by atoms with Crippen molar-refractivity contribution >= 4 is 17.4 Å². The molecule has 4 heterocycles. The van der Waals surface area contributed by atoms with Crippen molar-refractivity contribution < 1.29 is 18.0 Å². The number of nitrogens with one attached hydrogen (secondary N) is 2. The summed E-state index contributed by atoms with van der Waals surface area (Å²) in [6.07, 6.45) is 3.88. The number of hydrogen-bond acceptors (Lipinski definition) is 5. The first-order valence-electron chi connectivity index (χ1n) is 10.7. The van der Waals surface area contributed by atoms with E-state index in [9.17, 15) is 18.0 Å². The first-order valence-corrected chi connectivity index (χ1v) is 10.7. The average Bonchev–Trinajstić information content (AvgIpc) is 3.43. The molecule has 2 N–H and O–H groups in total. The summed E-state index contributed by atoms with van der Waals surface area (Å²) < 4.78 is 43.8. The number of fused-ring (bicyclic) bond motifs is 1. The monoisotopic (exact) mass is 444 g/mol. The molecule has 32 heavy (non-hydrogen) atoms. The van der Waals surface area contributed by atoms with Crippen LogP contribution in [0.4, 0.5) is 19.0 Å². The minimum Gasteiger partial charge on any atom is -0.349 e. The second kappa shape index (κ2) is 8.42. The minimum atomic E-state index is -1.16. The number of nitrogens with zero attached hydrogens (tertiary/aromatic N) is 4. The molecule has 2 saturated heterocycles. The highest BCUT2D eigenvalue weighted by Gasteiger charge is 2.31. The Morgan fingerprint density at radius 1 is 1.22 bits per heavy atom. The van der Waals surface area contributed by atoms with Crippen LogP contribution in [0.5, 0.6) is 0 Å². The van der Waals surface area contributed by atoms with Gasteiger partial charge in [0.05, 0.1) is 18.3 Å². The molecule has 2 aliphatic heterocycles. The summed E-state index contributed by atoms with van der Waals surface area (Å²) >= 11 is 0. The van der Waals surface area contributed by atoms with Crippen LogP contribution in [0, 0.1) is 11.6 Å². The summed E-state index contributed by atoms with van der Waals surface area (Å²) in [5, 5.41) is 9.89. The van der Waals surface area contributed by atoms with Crippen molar-refractivity contribution in [2.45, 2.75) is 37.5 Å². The maximum atomic E-state index is 14.4. The molecule has 1 unspecified atom stereocenters. The van der Waals surface area contributed by atoms with Crippen LogP contribution in [-0.2, 0) is 0 Å². The fourth-order valence-electron chi connectivity index (χ4n) is 4.54. The van der Waals surface area contributed by atoms with E-state index in [-0.39, 0.29) is 23.7 Å². The lowest BCUT2D eigenvalue weighted by Crippen LogP contribution is -2.50. The second-order valence-corrected chi connectivity index (χ2v) is 8.22. The van der Waals surface area contributed by atoms with Crippen LogP contribution in [0.3, 0.4) is 0 Å². The molecule has 1 amide bonds. The van der Waals surface area contributed by atoms with Gasteiger partial charge in [-0.05, 0) is 50.1 Å². The largest absolute Gasteiger partial charge is 0.349 e. The van der Waals surface area contributed by atoms with E-state index < -0.39 is 29.8 Å².